The average molecular weight is 306 g/mol. The summed E-state index contributed by atoms with van der Waals surface area (Å²) in [6.07, 6.45) is 0.738. The molecule has 2 amide bonds. The molecule has 21 heavy (non-hydrogen) atoms. The number of aromatic nitrogens is 2. The van der Waals surface area contributed by atoms with E-state index in [1.165, 1.54) is 17.4 Å². The molecular weight excluding hydrogens is 292 g/mol. The van der Waals surface area contributed by atoms with Gasteiger partial charge in [0.05, 0.1) is 11.3 Å². The van der Waals surface area contributed by atoms with Crippen LogP contribution in [0.3, 0.4) is 0 Å². The molecule has 1 aromatic heterocycles. The summed E-state index contributed by atoms with van der Waals surface area (Å²) >= 11 is 1.27. The Morgan fingerprint density at radius 3 is 2.67 bits per heavy atom. The molecule has 2 rings (SSSR count). The van der Waals surface area contributed by atoms with Gasteiger partial charge in [-0.25, -0.2) is 9.59 Å². The normalized spacial score (nSPS) is 10.2. The number of carboxylic acids is 1. The number of urea groups is 1. The zero-order valence-electron chi connectivity index (χ0n) is 11.5. The van der Waals surface area contributed by atoms with Crippen LogP contribution in [0.4, 0.5) is 15.6 Å². The van der Waals surface area contributed by atoms with Crippen molar-refractivity contribution in [2.24, 2.45) is 0 Å². The molecule has 0 saturated carbocycles. The SMILES string of the molecule is CCc1nnc(NC(=O)Nc2cccc(C)c2C(=O)O)s1. The molecule has 0 aliphatic heterocycles. The Morgan fingerprint density at radius 2 is 2.05 bits per heavy atom. The highest BCUT2D eigenvalue weighted by Gasteiger charge is 2.15. The van der Waals surface area contributed by atoms with Gasteiger partial charge in [0, 0.05) is 0 Å². The van der Waals surface area contributed by atoms with E-state index in [4.69, 9.17) is 0 Å². The summed E-state index contributed by atoms with van der Waals surface area (Å²) in [7, 11) is 0. The van der Waals surface area contributed by atoms with Crippen molar-refractivity contribution in [3.63, 3.8) is 0 Å². The van der Waals surface area contributed by atoms with Crippen LogP contribution in [-0.4, -0.2) is 27.3 Å². The van der Waals surface area contributed by atoms with Crippen molar-refractivity contribution >= 4 is 34.2 Å². The number of nitrogens with zero attached hydrogens (tertiary/aromatic N) is 2. The van der Waals surface area contributed by atoms with Gasteiger partial charge in [-0.1, -0.05) is 30.4 Å². The Labute approximate surface area is 125 Å². The van der Waals surface area contributed by atoms with E-state index < -0.39 is 12.0 Å². The number of aryl methyl sites for hydroxylation is 2. The fraction of sp³-hybridized carbons (Fsp3) is 0.231. The number of hydrogen-bond donors (Lipinski definition) is 3. The molecule has 8 heteroatoms. The Balaban J connectivity index is 2.13. The van der Waals surface area contributed by atoms with Crippen molar-refractivity contribution in [3.05, 3.63) is 34.3 Å². The Bertz CT molecular complexity index is 684. The summed E-state index contributed by atoms with van der Waals surface area (Å²) in [5.41, 5.74) is 0.879. The van der Waals surface area contributed by atoms with Crippen LogP contribution in [0.2, 0.25) is 0 Å². The Hall–Kier alpha value is -2.48. The molecule has 1 aromatic carbocycles. The van der Waals surface area contributed by atoms with Crippen molar-refractivity contribution in [2.75, 3.05) is 10.6 Å². The fourth-order valence-electron chi connectivity index (χ4n) is 1.75. The summed E-state index contributed by atoms with van der Waals surface area (Å²) in [4.78, 5) is 23.1. The minimum Gasteiger partial charge on any atom is -0.478 e. The monoisotopic (exact) mass is 306 g/mol. The van der Waals surface area contributed by atoms with E-state index in [0.717, 1.165) is 11.4 Å². The Kier molecular flexibility index (Phi) is 4.49. The predicted molar refractivity (Wildman–Crippen MR) is 80.1 cm³/mol. The fourth-order valence-corrected chi connectivity index (χ4v) is 2.43. The van der Waals surface area contributed by atoms with Crippen LogP contribution in [0, 0.1) is 6.92 Å². The van der Waals surface area contributed by atoms with E-state index >= 15 is 0 Å². The van der Waals surface area contributed by atoms with Gasteiger partial charge in [-0.2, -0.15) is 0 Å². The van der Waals surface area contributed by atoms with E-state index in [-0.39, 0.29) is 11.3 Å². The summed E-state index contributed by atoms with van der Waals surface area (Å²) in [5, 5.41) is 23.1. The first-order valence-corrected chi connectivity index (χ1v) is 7.06. The second kappa shape index (κ2) is 6.31. The van der Waals surface area contributed by atoms with E-state index in [1.54, 1.807) is 19.1 Å². The van der Waals surface area contributed by atoms with Crippen molar-refractivity contribution in [3.8, 4) is 0 Å². The highest BCUT2D eigenvalue weighted by Crippen LogP contribution is 2.20. The van der Waals surface area contributed by atoms with Crippen molar-refractivity contribution in [1.29, 1.82) is 0 Å². The number of aromatic carboxylic acids is 1. The zero-order chi connectivity index (χ0) is 15.4. The number of carbonyl (C=O) groups is 2. The van der Waals surface area contributed by atoms with Gasteiger partial charge in [-0.15, -0.1) is 10.2 Å². The summed E-state index contributed by atoms with van der Waals surface area (Å²) in [6.45, 7) is 3.61. The number of rotatable bonds is 4. The molecule has 110 valence electrons. The molecule has 0 atom stereocenters. The second-order valence-corrected chi connectivity index (χ2v) is 5.30. The standard InChI is InChI=1S/C13H14N4O3S/c1-3-9-16-17-13(21-9)15-12(20)14-8-6-4-5-7(2)10(8)11(18)19/h4-6H,3H2,1-2H3,(H,18,19)(H2,14,15,17,20). The number of carboxylic acid groups (broad SMARTS) is 1. The van der Waals surface area contributed by atoms with Gasteiger partial charge < -0.3 is 10.4 Å². The molecule has 0 unspecified atom stereocenters. The lowest BCUT2D eigenvalue weighted by molar-refractivity contribution is 0.0697. The first kappa shape index (κ1) is 14.9. The van der Waals surface area contributed by atoms with E-state index in [1.807, 2.05) is 6.92 Å². The molecule has 0 aliphatic rings. The van der Waals surface area contributed by atoms with Crippen LogP contribution in [-0.2, 0) is 6.42 Å². The van der Waals surface area contributed by atoms with Crippen LogP contribution in [0.1, 0.15) is 27.9 Å². The van der Waals surface area contributed by atoms with E-state index in [9.17, 15) is 14.7 Å². The van der Waals surface area contributed by atoms with Gasteiger partial charge >= 0.3 is 12.0 Å². The number of anilines is 2. The number of hydrogen-bond acceptors (Lipinski definition) is 5. The lowest BCUT2D eigenvalue weighted by atomic mass is 10.1. The molecule has 0 aliphatic carbocycles. The molecule has 0 fully saturated rings. The third-order valence-corrected chi connectivity index (χ3v) is 3.71. The van der Waals surface area contributed by atoms with Gasteiger partial charge in [0.25, 0.3) is 0 Å². The summed E-state index contributed by atoms with van der Waals surface area (Å²) in [6, 6.07) is 4.33. The molecule has 0 bridgehead atoms. The van der Waals surface area contributed by atoms with Gasteiger partial charge in [0.2, 0.25) is 5.13 Å². The van der Waals surface area contributed by atoms with Crippen molar-refractivity contribution in [1.82, 2.24) is 10.2 Å². The quantitative estimate of drug-likeness (QED) is 0.805. The number of amides is 2. The first-order valence-electron chi connectivity index (χ1n) is 6.24. The second-order valence-electron chi connectivity index (χ2n) is 4.24. The average Bonchev–Trinajstić information content (AvgIpc) is 2.85. The van der Waals surface area contributed by atoms with Gasteiger partial charge in [0.15, 0.2) is 0 Å². The number of carbonyl (C=O) groups excluding carboxylic acids is 1. The third kappa shape index (κ3) is 3.54. The van der Waals surface area contributed by atoms with E-state index in [2.05, 4.69) is 20.8 Å². The summed E-state index contributed by atoms with van der Waals surface area (Å²) in [5.74, 6) is -1.09. The van der Waals surface area contributed by atoms with Crippen LogP contribution in [0.15, 0.2) is 18.2 Å². The maximum Gasteiger partial charge on any atom is 0.338 e. The zero-order valence-corrected chi connectivity index (χ0v) is 12.3. The third-order valence-electron chi connectivity index (χ3n) is 2.72. The molecule has 1 heterocycles. The van der Waals surface area contributed by atoms with Gasteiger partial charge in [0.1, 0.15) is 5.01 Å². The largest absolute Gasteiger partial charge is 0.478 e. The lowest BCUT2D eigenvalue weighted by Crippen LogP contribution is -2.21. The van der Waals surface area contributed by atoms with Crippen molar-refractivity contribution < 1.29 is 14.7 Å². The molecule has 2 aromatic rings. The van der Waals surface area contributed by atoms with Crippen LogP contribution in [0.25, 0.3) is 0 Å². The topological polar surface area (TPSA) is 104 Å². The molecular formula is C13H14N4O3S. The highest BCUT2D eigenvalue weighted by atomic mass is 32.1. The lowest BCUT2D eigenvalue weighted by Gasteiger charge is -2.10. The maximum atomic E-state index is 11.9. The first-order chi connectivity index (χ1) is 10.0. The molecule has 3 N–H and O–H groups in total. The molecule has 0 radical (unpaired) electrons. The maximum absolute atomic E-state index is 11.9. The number of nitrogens with one attached hydrogen (secondary N) is 2. The van der Waals surface area contributed by atoms with Gasteiger partial charge in [-0.3, -0.25) is 5.32 Å². The smallest absolute Gasteiger partial charge is 0.338 e. The van der Waals surface area contributed by atoms with Crippen LogP contribution >= 0.6 is 11.3 Å². The van der Waals surface area contributed by atoms with E-state index in [0.29, 0.717) is 10.7 Å². The molecule has 0 saturated heterocycles. The summed E-state index contributed by atoms with van der Waals surface area (Å²) < 4.78 is 0. The highest BCUT2D eigenvalue weighted by molar-refractivity contribution is 7.15. The molecule has 7 nitrogen and oxygen atoms in total. The minimum absolute atomic E-state index is 0.0687. The van der Waals surface area contributed by atoms with Crippen LogP contribution < -0.4 is 10.6 Å². The van der Waals surface area contributed by atoms with Crippen molar-refractivity contribution in [2.45, 2.75) is 20.3 Å². The molecule has 0 spiro atoms. The number of benzene rings is 1. The van der Waals surface area contributed by atoms with Gasteiger partial charge in [-0.05, 0) is 25.0 Å². The Morgan fingerprint density at radius 1 is 1.29 bits per heavy atom. The minimum atomic E-state index is -1.09. The van der Waals surface area contributed by atoms with Crippen LogP contribution in [0.5, 0.6) is 0 Å². The predicted octanol–water partition coefficient (Wildman–Crippen LogP) is 2.75.